The van der Waals surface area contributed by atoms with Crippen LogP contribution in [0.25, 0.3) is 6.58 Å². The van der Waals surface area contributed by atoms with E-state index in [1.54, 1.807) is 11.8 Å². The Hall–Kier alpha value is -1.67. The van der Waals surface area contributed by atoms with Crippen molar-refractivity contribution in [3.63, 3.8) is 0 Å². The van der Waals surface area contributed by atoms with Crippen molar-refractivity contribution in [3.05, 3.63) is 33.8 Å². The Bertz CT molecular complexity index is 828. The van der Waals surface area contributed by atoms with Gasteiger partial charge >= 0.3 is 6.18 Å². The molecule has 0 radical (unpaired) electrons. The summed E-state index contributed by atoms with van der Waals surface area (Å²) in [6, 6.07) is 2.06. The minimum Gasteiger partial charge on any atom is -0.393 e. The van der Waals surface area contributed by atoms with Gasteiger partial charge in [-0.25, -0.2) is 4.99 Å². The summed E-state index contributed by atoms with van der Waals surface area (Å²) in [6.07, 6.45) is -1.70. The van der Waals surface area contributed by atoms with Crippen molar-refractivity contribution >= 4 is 30.1 Å². The SMILES string of the molecule is C=c1ccc(C(F)(F)F)c2c1=NC(CSC1CCC(O)CC1)=NC2=O. The number of hydrogen-bond donors (Lipinski definition) is 1. The molecule has 1 fully saturated rings. The molecule has 1 saturated carbocycles. The number of amides is 1. The second kappa shape index (κ2) is 6.92. The van der Waals surface area contributed by atoms with Gasteiger partial charge in [-0.2, -0.15) is 29.9 Å². The molecule has 1 aliphatic carbocycles. The van der Waals surface area contributed by atoms with Crippen LogP contribution in [0, 0.1) is 0 Å². The first kappa shape index (κ1) is 18.1. The molecule has 1 aliphatic heterocycles. The van der Waals surface area contributed by atoms with Gasteiger partial charge in [-0.1, -0.05) is 12.6 Å². The van der Waals surface area contributed by atoms with Gasteiger partial charge in [0.1, 0.15) is 5.84 Å². The molecule has 8 heteroatoms. The number of carbonyl (C=O) groups excluding carboxylic acids is 1. The number of halogens is 3. The maximum atomic E-state index is 13.1. The molecule has 134 valence electrons. The Balaban J connectivity index is 1.85. The van der Waals surface area contributed by atoms with Crippen LogP contribution in [-0.4, -0.2) is 34.0 Å². The summed E-state index contributed by atoms with van der Waals surface area (Å²) in [4.78, 5) is 20.1. The Morgan fingerprint density at radius 1 is 1.20 bits per heavy atom. The Morgan fingerprint density at radius 3 is 2.52 bits per heavy atom. The summed E-state index contributed by atoms with van der Waals surface area (Å²) in [5, 5.41) is 10.1. The summed E-state index contributed by atoms with van der Waals surface area (Å²) >= 11 is 1.57. The van der Waals surface area contributed by atoms with Gasteiger partial charge in [0.05, 0.1) is 28.3 Å². The van der Waals surface area contributed by atoms with E-state index in [1.165, 1.54) is 6.07 Å². The van der Waals surface area contributed by atoms with Crippen LogP contribution in [0.1, 0.15) is 41.6 Å². The molecule has 1 amide bonds. The van der Waals surface area contributed by atoms with Gasteiger partial charge < -0.3 is 5.11 Å². The number of thioether (sulfide) groups is 1. The van der Waals surface area contributed by atoms with Crippen molar-refractivity contribution in [1.82, 2.24) is 0 Å². The summed E-state index contributed by atoms with van der Waals surface area (Å²) in [5.74, 6) is -0.350. The molecule has 0 spiro atoms. The number of amidine groups is 1. The van der Waals surface area contributed by atoms with Crippen molar-refractivity contribution in [2.75, 3.05) is 5.75 Å². The molecule has 2 aliphatic rings. The zero-order valence-electron chi connectivity index (χ0n) is 13.3. The number of carbonyl (C=O) groups is 1. The lowest BCUT2D eigenvalue weighted by molar-refractivity contribution is -0.138. The van der Waals surface area contributed by atoms with Crippen molar-refractivity contribution in [1.29, 1.82) is 0 Å². The van der Waals surface area contributed by atoms with Crippen LogP contribution < -0.4 is 10.6 Å². The molecule has 1 heterocycles. The van der Waals surface area contributed by atoms with E-state index in [2.05, 4.69) is 16.6 Å². The smallest absolute Gasteiger partial charge is 0.393 e. The normalized spacial score (nSPS) is 23.7. The second-order valence-electron chi connectivity index (χ2n) is 6.18. The predicted octanol–water partition coefficient (Wildman–Crippen LogP) is 2.32. The van der Waals surface area contributed by atoms with Crippen LogP contribution in [0.15, 0.2) is 22.1 Å². The molecule has 1 N–H and O–H groups in total. The van der Waals surface area contributed by atoms with Gasteiger partial charge in [-0.05, 0) is 37.0 Å². The molecule has 3 rings (SSSR count). The number of benzene rings is 1. The van der Waals surface area contributed by atoms with Crippen molar-refractivity contribution < 1.29 is 23.1 Å². The highest BCUT2D eigenvalue weighted by Gasteiger charge is 2.37. The fourth-order valence-corrected chi connectivity index (χ4v) is 4.13. The molecule has 0 atom stereocenters. The number of hydrogen-bond acceptors (Lipinski definition) is 4. The number of rotatable bonds is 3. The van der Waals surface area contributed by atoms with E-state index in [9.17, 15) is 23.1 Å². The minimum atomic E-state index is -4.65. The van der Waals surface area contributed by atoms with Crippen LogP contribution in [0.5, 0.6) is 0 Å². The van der Waals surface area contributed by atoms with Crippen LogP contribution in [-0.2, 0) is 6.18 Å². The molecular weight excluding hydrogens is 353 g/mol. The average molecular weight is 370 g/mol. The lowest BCUT2D eigenvalue weighted by atomic mass is 9.97. The Kier molecular flexibility index (Phi) is 5.02. The van der Waals surface area contributed by atoms with Crippen LogP contribution >= 0.6 is 11.8 Å². The zero-order valence-corrected chi connectivity index (χ0v) is 14.2. The summed E-state index contributed by atoms with van der Waals surface area (Å²) in [7, 11) is 0. The highest BCUT2D eigenvalue weighted by molar-refractivity contribution is 8.00. The minimum absolute atomic E-state index is 0.0375. The molecule has 1 aromatic rings. The molecule has 0 aromatic heterocycles. The number of aliphatic hydroxyl groups excluding tert-OH is 1. The largest absolute Gasteiger partial charge is 0.417 e. The first-order valence-electron chi connectivity index (χ1n) is 7.95. The fraction of sp³-hybridized carbons (Fsp3) is 0.471. The highest BCUT2D eigenvalue weighted by Crippen LogP contribution is 2.32. The van der Waals surface area contributed by atoms with E-state index in [-0.39, 0.29) is 22.5 Å². The van der Waals surface area contributed by atoms with Gasteiger partial charge in [0.15, 0.2) is 0 Å². The average Bonchev–Trinajstić information content (AvgIpc) is 2.54. The van der Waals surface area contributed by atoms with Crippen molar-refractivity contribution in [2.24, 2.45) is 9.98 Å². The first-order valence-corrected chi connectivity index (χ1v) is 9.00. The molecule has 0 unspecified atom stereocenters. The Labute approximate surface area is 146 Å². The third kappa shape index (κ3) is 3.95. The maximum Gasteiger partial charge on any atom is 0.417 e. The van der Waals surface area contributed by atoms with E-state index >= 15 is 0 Å². The number of aliphatic imine (C=N–C) groups is 1. The summed E-state index contributed by atoms with van der Waals surface area (Å²) in [6.45, 7) is 3.68. The number of alkyl halides is 3. The van der Waals surface area contributed by atoms with E-state index in [1.807, 2.05) is 0 Å². The molecule has 4 nitrogen and oxygen atoms in total. The second-order valence-corrected chi connectivity index (χ2v) is 7.47. The number of fused-ring (bicyclic) bond motifs is 1. The first-order chi connectivity index (χ1) is 11.8. The van der Waals surface area contributed by atoms with Gasteiger partial charge in [-0.3, -0.25) is 4.79 Å². The quantitative estimate of drug-likeness (QED) is 0.888. The summed E-state index contributed by atoms with van der Waals surface area (Å²) in [5.41, 5.74) is -1.55. The molecule has 1 aromatic carbocycles. The predicted molar refractivity (Wildman–Crippen MR) is 90.2 cm³/mol. The lowest BCUT2D eigenvalue weighted by Gasteiger charge is -2.24. The standard InChI is InChI=1S/C17H17F3N2O2S/c1-9-2-7-12(17(18,19)20)14-15(9)21-13(22-16(14)24)8-25-11-5-3-10(23)4-6-11/h2,7,10-11,23H,1,3-6,8H2. The van der Waals surface area contributed by atoms with Crippen molar-refractivity contribution in [3.8, 4) is 0 Å². The van der Waals surface area contributed by atoms with Crippen LogP contribution in [0.4, 0.5) is 13.2 Å². The van der Waals surface area contributed by atoms with Gasteiger partial charge in [0, 0.05) is 5.25 Å². The topological polar surface area (TPSA) is 62.0 Å². The molecule has 0 bridgehead atoms. The zero-order chi connectivity index (χ0) is 18.2. The van der Waals surface area contributed by atoms with Crippen molar-refractivity contribution in [2.45, 2.75) is 43.2 Å². The number of aliphatic hydroxyl groups is 1. The fourth-order valence-electron chi connectivity index (χ4n) is 3.01. The molecule has 0 saturated heterocycles. The highest BCUT2D eigenvalue weighted by atomic mass is 32.2. The van der Waals surface area contributed by atoms with Gasteiger partial charge in [-0.15, -0.1) is 0 Å². The molecular formula is C17H17F3N2O2S. The maximum absolute atomic E-state index is 13.1. The third-order valence-corrected chi connectivity index (χ3v) is 5.71. The summed E-state index contributed by atoms with van der Waals surface area (Å²) < 4.78 is 39.3. The van der Waals surface area contributed by atoms with E-state index in [0.29, 0.717) is 11.0 Å². The lowest BCUT2D eigenvalue weighted by Crippen LogP contribution is -2.37. The van der Waals surface area contributed by atoms with E-state index in [0.717, 1.165) is 31.7 Å². The van der Waals surface area contributed by atoms with E-state index in [4.69, 9.17) is 0 Å². The van der Waals surface area contributed by atoms with Gasteiger partial charge in [0.2, 0.25) is 0 Å². The van der Waals surface area contributed by atoms with Crippen LogP contribution in [0.3, 0.4) is 0 Å². The third-order valence-electron chi connectivity index (χ3n) is 4.34. The molecule has 25 heavy (non-hydrogen) atoms. The van der Waals surface area contributed by atoms with Gasteiger partial charge in [0.25, 0.3) is 5.91 Å². The number of nitrogens with zero attached hydrogens (tertiary/aromatic N) is 2. The Morgan fingerprint density at radius 2 is 1.88 bits per heavy atom. The monoisotopic (exact) mass is 370 g/mol. The van der Waals surface area contributed by atoms with Crippen LogP contribution in [0.2, 0.25) is 0 Å². The van der Waals surface area contributed by atoms with E-state index < -0.39 is 23.2 Å².